The summed E-state index contributed by atoms with van der Waals surface area (Å²) in [6.07, 6.45) is -0.803. The zero-order valence-electron chi connectivity index (χ0n) is 15.2. The summed E-state index contributed by atoms with van der Waals surface area (Å²) in [5.74, 6) is -2.27. The Labute approximate surface area is 161 Å². The van der Waals surface area contributed by atoms with Gasteiger partial charge in [0, 0.05) is 5.56 Å². The molecule has 0 heterocycles. The first-order valence-corrected chi connectivity index (χ1v) is 8.42. The van der Waals surface area contributed by atoms with E-state index in [0.717, 1.165) is 12.7 Å². The molecule has 0 saturated heterocycles. The Kier molecular flexibility index (Phi) is 7.71. The number of carbonyl (C=O) groups excluding carboxylic acids is 4. The second kappa shape index (κ2) is 10.5. The number of rotatable bonds is 8. The molecule has 2 rings (SSSR count). The van der Waals surface area contributed by atoms with Crippen LogP contribution in [0.1, 0.15) is 15.9 Å². The van der Waals surface area contributed by atoms with Crippen molar-refractivity contribution in [2.45, 2.75) is 12.6 Å². The highest BCUT2D eigenvalue weighted by molar-refractivity contribution is 6.13. The number of ketones is 1. The Hall–Kier alpha value is -3.68. The summed E-state index contributed by atoms with van der Waals surface area (Å²) in [5, 5.41) is 4.52. The maximum absolute atomic E-state index is 12.5. The monoisotopic (exact) mass is 384 g/mol. The molecule has 146 valence electrons. The zero-order chi connectivity index (χ0) is 20.4. The largest absolute Gasteiger partial charge is 0.467 e. The first-order chi connectivity index (χ1) is 13.5. The van der Waals surface area contributed by atoms with Crippen molar-refractivity contribution in [2.24, 2.45) is 0 Å². The first kappa shape index (κ1) is 20.6. The summed E-state index contributed by atoms with van der Waals surface area (Å²) in [6, 6.07) is 15.5. The molecule has 0 radical (unpaired) electrons. The van der Waals surface area contributed by atoms with Crippen LogP contribution in [0.25, 0.3) is 0 Å². The van der Waals surface area contributed by atoms with Crippen LogP contribution >= 0.6 is 0 Å². The highest BCUT2D eigenvalue weighted by atomic mass is 16.5. The van der Waals surface area contributed by atoms with Crippen LogP contribution in [0.5, 0.6) is 0 Å². The van der Waals surface area contributed by atoms with Gasteiger partial charge in [0.15, 0.2) is 11.8 Å². The third kappa shape index (κ3) is 6.24. The van der Waals surface area contributed by atoms with E-state index in [-0.39, 0.29) is 12.2 Å². The van der Waals surface area contributed by atoms with E-state index in [4.69, 9.17) is 4.74 Å². The third-order valence-electron chi connectivity index (χ3n) is 3.67. The molecular weight excluding hydrogens is 364 g/mol. The molecule has 0 aliphatic rings. The van der Waals surface area contributed by atoms with E-state index in [1.165, 1.54) is 12.1 Å². The second-order valence-corrected chi connectivity index (χ2v) is 5.67. The molecule has 0 fully saturated rings. The van der Waals surface area contributed by atoms with Crippen molar-refractivity contribution in [2.75, 3.05) is 13.7 Å². The lowest BCUT2D eigenvalue weighted by atomic mass is 10.0. The molecule has 1 atom stereocenters. The summed E-state index contributed by atoms with van der Waals surface area (Å²) in [6.45, 7) is -0.422. The number of hydrogen-bond donors (Lipinski definition) is 2. The van der Waals surface area contributed by atoms with E-state index in [0.29, 0.717) is 0 Å². The van der Waals surface area contributed by atoms with Gasteiger partial charge in [-0.25, -0.2) is 9.59 Å². The summed E-state index contributed by atoms with van der Waals surface area (Å²) in [7, 11) is 1.11. The lowest BCUT2D eigenvalue weighted by molar-refractivity contribution is -0.143. The Morgan fingerprint density at radius 2 is 1.54 bits per heavy atom. The number of alkyl carbamates (subject to hydrolysis) is 1. The lowest BCUT2D eigenvalue weighted by Crippen LogP contribution is -2.50. The number of nitrogens with one attached hydrogen (secondary N) is 2. The Balaban J connectivity index is 1.86. The molecule has 28 heavy (non-hydrogen) atoms. The van der Waals surface area contributed by atoms with Crippen LogP contribution in [0.15, 0.2) is 60.7 Å². The average molecular weight is 384 g/mol. The molecule has 0 aliphatic heterocycles. The van der Waals surface area contributed by atoms with Gasteiger partial charge in [-0.3, -0.25) is 9.59 Å². The Morgan fingerprint density at radius 1 is 0.929 bits per heavy atom. The van der Waals surface area contributed by atoms with Crippen molar-refractivity contribution in [1.29, 1.82) is 0 Å². The molecule has 0 aliphatic carbocycles. The van der Waals surface area contributed by atoms with Crippen LogP contribution in [-0.2, 0) is 25.7 Å². The molecule has 8 heteroatoms. The van der Waals surface area contributed by atoms with Crippen LogP contribution in [0.2, 0.25) is 0 Å². The predicted molar refractivity (Wildman–Crippen MR) is 99.3 cm³/mol. The van der Waals surface area contributed by atoms with Crippen LogP contribution in [0.4, 0.5) is 4.79 Å². The normalized spacial score (nSPS) is 11.0. The summed E-state index contributed by atoms with van der Waals surface area (Å²) in [4.78, 5) is 48.1. The minimum atomic E-state index is -1.51. The van der Waals surface area contributed by atoms with E-state index in [1.54, 1.807) is 42.5 Å². The van der Waals surface area contributed by atoms with Crippen LogP contribution < -0.4 is 10.6 Å². The van der Waals surface area contributed by atoms with E-state index in [2.05, 4.69) is 15.4 Å². The highest BCUT2D eigenvalue weighted by Crippen LogP contribution is 2.05. The van der Waals surface area contributed by atoms with E-state index < -0.39 is 36.3 Å². The minimum absolute atomic E-state index is 0.0472. The molecule has 0 bridgehead atoms. The van der Waals surface area contributed by atoms with Gasteiger partial charge in [0.05, 0.1) is 7.11 Å². The number of Topliss-reactive ketones (excluding diaryl/α,β-unsaturated/α-hetero) is 1. The average Bonchev–Trinajstić information content (AvgIpc) is 2.75. The van der Waals surface area contributed by atoms with Gasteiger partial charge in [0.1, 0.15) is 13.2 Å². The third-order valence-corrected chi connectivity index (χ3v) is 3.67. The number of hydrogen-bond acceptors (Lipinski definition) is 6. The second-order valence-electron chi connectivity index (χ2n) is 5.67. The van der Waals surface area contributed by atoms with Crippen molar-refractivity contribution < 1.29 is 28.7 Å². The fourth-order valence-electron chi connectivity index (χ4n) is 2.26. The summed E-state index contributed by atoms with van der Waals surface area (Å²) >= 11 is 0. The number of carbonyl (C=O) groups is 4. The molecule has 0 aromatic heterocycles. The number of benzene rings is 2. The number of amides is 2. The standard InChI is InChI=1S/C20H20N2O6/c1-27-19(25)17(18(24)15-10-6-3-7-11-15)22-16(23)12-21-20(26)28-13-14-8-4-2-5-9-14/h2-11,17H,12-13H2,1H3,(H,21,26)(H,22,23). The Bertz CT molecular complexity index is 823. The van der Waals surface area contributed by atoms with Crippen LogP contribution in [0.3, 0.4) is 0 Å². The van der Waals surface area contributed by atoms with Crippen molar-refractivity contribution in [3.8, 4) is 0 Å². The van der Waals surface area contributed by atoms with Crippen LogP contribution in [0, 0.1) is 0 Å². The van der Waals surface area contributed by atoms with Gasteiger partial charge in [-0.05, 0) is 5.56 Å². The highest BCUT2D eigenvalue weighted by Gasteiger charge is 2.30. The molecule has 0 spiro atoms. The zero-order valence-corrected chi connectivity index (χ0v) is 15.2. The summed E-state index contributed by atoms with van der Waals surface area (Å²) in [5.41, 5.74) is 1.04. The smallest absolute Gasteiger partial charge is 0.407 e. The van der Waals surface area contributed by atoms with Gasteiger partial charge in [0.2, 0.25) is 5.91 Å². The predicted octanol–water partition coefficient (Wildman–Crippen LogP) is 1.45. The molecular formula is C20H20N2O6. The molecule has 1 unspecified atom stereocenters. The van der Waals surface area contributed by atoms with Gasteiger partial charge in [-0.1, -0.05) is 60.7 Å². The fraction of sp³-hybridized carbons (Fsp3) is 0.200. The molecule has 2 aromatic carbocycles. The van der Waals surface area contributed by atoms with Crippen molar-refractivity contribution in [3.63, 3.8) is 0 Å². The van der Waals surface area contributed by atoms with Crippen LogP contribution in [-0.4, -0.2) is 43.4 Å². The van der Waals surface area contributed by atoms with E-state index >= 15 is 0 Å². The van der Waals surface area contributed by atoms with Gasteiger partial charge < -0.3 is 20.1 Å². The minimum Gasteiger partial charge on any atom is -0.467 e. The maximum atomic E-state index is 12.5. The fourth-order valence-corrected chi connectivity index (χ4v) is 2.26. The SMILES string of the molecule is COC(=O)C(NC(=O)CNC(=O)OCc1ccccc1)C(=O)c1ccccc1. The molecule has 2 aromatic rings. The number of esters is 1. The first-order valence-electron chi connectivity index (χ1n) is 8.42. The molecule has 8 nitrogen and oxygen atoms in total. The summed E-state index contributed by atoms with van der Waals surface area (Å²) < 4.78 is 9.56. The van der Waals surface area contributed by atoms with Crippen molar-refractivity contribution in [1.82, 2.24) is 10.6 Å². The van der Waals surface area contributed by atoms with E-state index in [9.17, 15) is 19.2 Å². The molecule has 0 saturated carbocycles. The van der Waals surface area contributed by atoms with Gasteiger partial charge in [-0.15, -0.1) is 0 Å². The lowest BCUT2D eigenvalue weighted by Gasteiger charge is -2.16. The van der Waals surface area contributed by atoms with Gasteiger partial charge in [-0.2, -0.15) is 0 Å². The van der Waals surface area contributed by atoms with Crippen molar-refractivity contribution >= 4 is 23.8 Å². The molecule has 2 N–H and O–H groups in total. The number of methoxy groups -OCH3 is 1. The number of ether oxygens (including phenoxy) is 2. The Morgan fingerprint density at radius 3 is 2.14 bits per heavy atom. The van der Waals surface area contributed by atoms with Crippen molar-refractivity contribution in [3.05, 3.63) is 71.8 Å². The molecule has 2 amide bonds. The van der Waals surface area contributed by atoms with E-state index in [1.807, 2.05) is 6.07 Å². The maximum Gasteiger partial charge on any atom is 0.407 e. The van der Waals surface area contributed by atoms with Gasteiger partial charge >= 0.3 is 12.1 Å². The topological polar surface area (TPSA) is 111 Å². The quantitative estimate of drug-likeness (QED) is 0.405. The van der Waals surface area contributed by atoms with Gasteiger partial charge in [0.25, 0.3) is 0 Å².